The van der Waals surface area contributed by atoms with Crippen LogP contribution in [-0.2, 0) is 20.9 Å². The summed E-state index contributed by atoms with van der Waals surface area (Å²) in [7, 11) is 0. The molecule has 2 aromatic rings. The summed E-state index contributed by atoms with van der Waals surface area (Å²) < 4.78 is 15.8. The lowest BCUT2D eigenvalue weighted by atomic mass is 10.1. The molecule has 29 heavy (non-hydrogen) atoms. The van der Waals surface area contributed by atoms with Crippen LogP contribution in [0.4, 0.5) is 5.69 Å². The highest BCUT2D eigenvalue weighted by Gasteiger charge is 2.32. The van der Waals surface area contributed by atoms with Gasteiger partial charge in [0, 0.05) is 17.7 Å². The zero-order valence-corrected chi connectivity index (χ0v) is 15.7. The summed E-state index contributed by atoms with van der Waals surface area (Å²) in [6, 6.07) is 9.38. The van der Waals surface area contributed by atoms with Crippen LogP contribution in [-0.4, -0.2) is 53.1 Å². The molecule has 0 spiro atoms. The van der Waals surface area contributed by atoms with Crippen LogP contribution in [0.2, 0.25) is 0 Å². The molecular formula is C20H23NO8. The molecule has 1 aromatic carbocycles. The number of esters is 1. The number of nitrogens with zero attached hydrogens (tertiary/aromatic N) is 1. The van der Waals surface area contributed by atoms with Gasteiger partial charge in [-0.3, -0.25) is 4.79 Å². The van der Waals surface area contributed by atoms with Gasteiger partial charge in [-0.15, -0.1) is 0 Å². The Hall–Kier alpha value is -2.72. The largest absolute Gasteiger partial charge is 0.457 e. The van der Waals surface area contributed by atoms with Crippen LogP contribution < -0.4 is 4.90 Å². The van der Waals surface area contributed by atoms with Crippen molar-refractivity contribution in [3.63, 3.8) is 0 Å². The normalized spacial score (nSPS) is 16.6. The van der Waals surface area contributed by atoms with Gasteiger partial charge in [-0.1, -0.05) is 12.1 Å². The fourth-order valence-corrected chi connectivity index (χ4v) is 3.13. The molecule has 1 fully saturated rings. The van der Waals surface area contributed by atoms with Crippen LogP contribution in [0.1, 0.15) is 41.0 Å². The number of rotatable bonds is 9. The molecule has 0 saturated carbocycles. The van der Waals surface area contributed by atoms with Gasteiger partial charge in [0.05, 0.1) is 19.3 Å². The number of anilines is 1. The molecule has 1 atom stereocenters. The summed E-state index contributed by atoms with van der Waals surface area (Å²) in [6.07, 6.45) is -0.517. The van der Waals surface area contributed by atoms with Crippen LogP contribution >= 0.6 is 0 Å². The van der Waals surface area contributed by atoms with E-state index in [0.717, 1.165) is 0 Å². The molecule has 0 aliphatic carbocycles. The molecule has 3 rings (SSSR count). The molecule has 1 aromatic heterocycles. The highest BCUT2D eigenvalue weighted by molar-refractivity contribution is 5.96. The number of hydrogen-bond donors (Lipinski definition) is 3. The molecule has 9 heteroatoms. The molecule has 0 bridgehead atoms. The van der Waals surface area contributed by atoms with Crippen molar-refractivity contribution in [2.75, 3.05) is 24.7 Å². The third-order valence-electron chi connectivity index (χ3n) is 4.54. The van der Waals surface area contributed by atoms with Gasteiger partial charge in [0.1, 0.15) is 19.0 Å². The molecule has 1 saturated heterocycles. The summed E-state index contributed by atoms with van der Waals surface area (Å²) >= 11 is 0. The summed E-state index contributed by atoms with van der Waals surface area (Å²) in [4.78, 5) is 25.6. The molecule has 3 N–H and O–H groups in total. The molecule has 1 unspecified atom stereocenters. The van der Waals surface area contributed by atoms with Crippen molar-refractivity contribution in [2.24, 2.45) is 0 Å². The molecular weight excluding hydrogens is 382 g/mol. The Morgan fingerprint density at radius 2 is 1.97 bits per heavy atom. The number of aliphatic hydroxyl groups is 3. The van der Waals surface area contributed by atoms with Gasteiger partial charge in [0.2, 0.25) is 11.7 Å². The van der Waals surface area contributed by atoms with E-state index in [2.05, 4.69) is 0 Å². The number of carbonyl (C=O) groups excluding carboxylic acids is 2. The van der Waals surface area contributed by atoms with E-state index in [1.807, 2.05) is 0 Å². The lowest BCUT2D eigenvalue weighted by Crippen LogP contribution is -2.36. The summed E-state index contributed by atoms with van der Waals surface area (Å²) in [6.45, 7) is 0.0417. The van der Waals surface area contributed by atoms with E-state index in [9.17, 15) is 19.8 Å². The van der Waals surface area contributed by atoms with Crippen molar-refractivity contribution in [2.45, 2.75) is 31.8 Å². The maximum absolute atomic E-state index is 12.3. The standard InChI is InChI=1S/C20H23NO8/c22-9-10-28-20(26)17-7-6-16(29-17)12-27-11-15-5-8-18(23)21(15)14-3-1-13(2-4-14)19(24)25/h1-4,6-7,15,19,22,24-25H,5,8-12H2. The van der Waals surface area contributed by atoms with Crippen molar-refractivity contribution in [1.29, 1.82) is 0 Å². The first-order chi connectivity index (χ1) is 14.0. The van der Waals surface area contributed by atoms with Gasteiger partial charge >= 0.3 is 5.97 Å². The molecule has 1 aliphatic heterocycles. The Morgan fingerprint density at radius 3 is 2.66 bits per heavy atom. The van der Waals surface area contributed by atoms with E-state index in [1.165, 1.54) is 6.07 Å². The smallest absolute Gasteiger partial charge is 0.374 e. The monoisotopic (exact) mass is 405 g/mol. The quantitative estimate of drug-likeness (QED) is 0.418. The number of furan rings is 1. The Bertz CT molecular complexity index is 829. The number of aliphatic hydroxyl groups excluding tert-OH is 2. The maximum Gasteiger partial charge on any atom is 0.374 e. The number of ether oxygens (including phenoxy) is 2. The first-order valence-electron chi connectivity index (χ1n) is 9.22. The van der Waals surface area contributed by atoms with Crippen LogP contribution in [0.15, 0.2) is 40.8 Å². The summed E-state index contributed by atoms with van der Waals surface area (Å²) in [5.74, 6) is -0.212. The van der Waals surface area contributed by atoms with Crippen molar-refractivity contribution in [1.82, 2.24) is 0 Å². The minimum atomic E-state index is -1.56. The van der Waals surface area contributed by atoms with Crippen LogP contribution in [0, 0.1) is 0 Å². The fourth-order valence-electron chi connectivity index (χ4n) is 3.13. The summed E-state index contributed by atoms with van der Waals surface area (Å²) in [5, 5.41) is 27.1. The first-order valence-corrected chi connectivity index (χ1v) is 9.22. The lowest BCUT2D eigenvalue weighted by molar-refractivity contribution is -0.117. The maximum atomic E-state index is 12.3. The Labute approximate surface area is 167 Å². The third-order valence-corrected chi connectivity index (χ3v) is 4.54. The van der Waals surface area contributed by atoms with Crippen LogP contribution in [0.5, 0.6) is 0 Å². The number of hydrogen-bond acceptors (Lipinski definition) is 8. The van der Waals surface area contributed by atoms with Gasteiger partial charge in [-0.05, 0) is 30.7 Å². The summed E-state index contributed by atoms with van der Waals surface area (Å²) in [5.41, 5.74) is 1.01. The van der Waals surface area contributed by atoms with Crippen LogP contribution in [0.3, 0.4) is 0 Å². The predicted molar refractivity (Wildman–Crippen MR) is 99.9 cm³/mol. The highest BCUT2D eigenvalue weighted by Crippen LogP contribution is 2.28. The minimum Gasteiger partial charge on any atom is -0.457 e. The highest BCUT2D eigenvalue weighted by atomic mass is 16.6. The van der Waals surface area contributed by atoms with Crippen LogP contribution in [0.25, 0.3) is 0 Å². The molecule has 1 amide bonds. The first kappa shape index (κ1) is 21.0. The molecule has 0 radical (unpaired) electrons. The second kappa shape index (κ2) is 9.66. The topological polar surface area (TPSA) is 130 Å². The number of amides is 1. The Balaban J connectivity index is 1.55. The molecule has 2 heterocycles. The Morgan fingerprint density at radius 1 is 1.21 bits per heavy atom. The molecule has 9 nitrogen and oxygen atoms in total. The average Bonchev–Trinajstić information content (AvgIpc) is 3.33. The third kappa shape index (κ3) is 5.21. The number of benzene rings is 1. The molecule has 156 valence electrons. The van der Waals surface area contributed by atoms with Gasteiger partial charge < -0.3 is 34.1 Å². The SMILES string of the molecule is O=C(OCCO)c1ccc(COCC2CCC(=O)N2c2ccc(C(O)O)cc2)o1. The average molecular weight is 405 g/mol. The van der Waals surface area contributed by atoms with Crippen molar-refractivity contribution in [3.8, 4) is 0 Å². The van der Waals surface area contributed by atoms with Crippen molar-refractivity contribution in [3.05, 3.63) is 53.5 Å². The van der Waals surface area contributed by atoms with E-state index in [1.54, 1.807) is 35.2 Å². The van der Waals surface area contributed by atoms with Gasteiger partial charge in [-0.25, -0.2) is 4.79 Å². The molecule has 1 aliphatic rings. The van der Waals surface area contributed by atoms with Gasteiger partial charge in [-0.2, -0.15) is 0 Å². The van der Waals surface area contributed by atoms with Gasteiger partial charge in [0.15, 0.2) is 6.29 Å². The lowest BCUT2D eigenvalue weighted by Gasteiger charge is -2.25. The predicted octanol–water partition coefficient (Wildman–Crippen LogP) is 1.12. The second-order valence-electron chi connectivity index (χ2n) is 6.56. The second-order valence-corrected chi connectivity index (χ2v) is 6.56. The van der Waals surface area contributed by atoms with E-state index in [4.69, 9.17) is 19.0 Å². The minimum absolute atomic E-state index is 0.0252. The van der Waals surface area contributed by atoms with E-state index in [0.29, 0.717) is 29.9 Å². The Kier molecular flexibility index (Phi) is 6.99. The zero-order valence-electron chi connectivity index (χ0n) is 15.7. The van der Waals surface area contributed by atoms with E-state index < -0.39 is 12.3 Å². The van der Waals surface area contributed by atoms with Crippen molar-refractivity contribution < 1.29 is 38.8 Å². The zero-order chi connectivity index (χ0) is 20.8. The number of carbonyl (C=O) groups is 2. The van der Waals surface area contributed by atoms with Crippen molar-refractivity contribution >= 4 is 17.6 Å². The fraction of sp³-hybridized carbons (Fsp3) is 0.400. The van der Waals surface area contributed by atoms with Gasteiger partial charge in [0.25, 0.3) is 0 Å². The van der Waals surface area contributed by atoms with E-state index >= 15 is 0 Å². The van der Waals surface area contributed by atoms with E-state index in [-0.39, 0.29) is 44.1 Å².